The van der Waals surface area contributed by atoms with Gasteiger partial charge in [0.15, 0.2) is 17.0 Å². The van der Waals surface area contributed by atoms with Crippen molar-refractivity contribution in [3.63, 3.8) is 0 Å². The molecule has 1 aliphatic carbocycles. The van der Waals surface area contributed by atoms with Crippen LogP contribution < -0.4 is 14.8 Å². The number of likely N-dealkylation sites (N-methyl/N-ethyl adjacent to an activating group) is 1. The van der Waals surface area contributed by atoms with Gasteiger partial charge in [-0.25, -0.2) is 0 Å². The molecule has 3 spiro atoms. The quantitative estimate of drug-likeness (QED) is 0.559. The molecule has 6 aliphatic heterocycles. The third kappa shape index (κ3) is 2.30. The highest BCUT2D eigenvalue weighted by Crippen LogP contribution is 2.72. The van der Waals surface area contributed by atoms with Crippen LogP contribution in [0, 0.1) is 11.3 Å². The van der Waals surface area contributed by atoms with Crippen LogP contribution in [0.1, 0.15) is 46.1 Å². The van der Waals surface area contributed by atoms with Gasteiger partial charge < -0.3 is 29.7 Å². The van der Waals surface area contributed by atoms with Crippen molar-refractivity contribution in [1.82, 2.24) is 9.80 Å². The van der Waals surface area contributed by atoms with E-state index in [0.717, 1.165) is 5.56 Å². The molecule has 0 radical (unpaired) electrons. The molecule has 1 aromatic carbocycles. The molecule has 6 heterocycles. The summed E-state index contributed by atoms with van der Waals surface area (Å²) in [6.07, 6.45) is 5.75. The van der Waals surface area contributed by atoms with Crippen molar-refractivity contribution < 1.29 is 29.0 Å². The van der Waals surface area contributed by atoms with Gasteiger partial charge in [0.25, 0.3) is 5.91 Å². The van der Waals surface area contributed by atoms with Gasteiger partial charge in [-0.15, -0.1) is 0 Å². The summed E-state index contributed by atoms with van der Waals surface area (Å²) < 4.78 is 12.2. The number of piperidine rings is 2. The average molecular weight is 506 g/mol. The lowest BCUT2D eigenvalue weighted by molar-refractivity contribution is -0.206. The number of carbonyl (C=O) groups is 3. The monoisotopic (exact) mass is 505 g/mol. The topological polar surface area (TPSA) is 108 Å². The van der Waals surface area contributed by atoms with E-state index in [0.29, 0.717) is 30.0 Å². The number of carbonyl (C=O) groups excluding carboxylic acids is 3. The molecule has 194 valence electrons. The number of benzene rings is 1. The van der Waals surface area contributed by atoms with Crippen LogP contribution in [0.5, 0.6) is 11.5 Å². The number of amides is 3. The largest absolute Gasteiger partial charge is 0.480 e. The van der Waals surface area contributed by atoms with Crippen LogP contribution in [-0.4, -0.2) is 69.0 Å². The number of hydrogen-bond acceptors (Lipinski definition) is 6. The van der Waals surface area contributed by atoms with E-state index in [1.165, 1.54) is 12.2 Å². The smallest absolute Gasteiger partial charge is 0.251 e. The molecule has 9 heteroatoms. The van der Waals surface area contributed by atoms with Gasteiger partial charge in [-0.1, -0.05) is 19.9 Å². The lowest BCUT2D eigenvalue weighted by Gasteiger charge is -2.66. The van der Waals surface area contributed by atoms with E-state index in [2.05, 4.69) is 19.2 Å². The van der Waals surface area contributed by atoms with Crippen molar-refractivity contribution in [1.29, 1.82) is 0 Å². The second-order valence-electron chi connectivity index (χ2n) is 12.6. The molecule has 2 bridgehead atoms. The minimum atomic E-state index is -1.35. The number of rotatable bonds is 0. The van der Waals surface area contributed by atoms with Gasteiger partial charge in [0, 0.05) is 19.7 Å². The third-order valence-corrected chi connectivity index (χ3v) is 10.4. The second kappa shape index (κ2) is 6.38. The highest BCUT2D eigenvalue weighted by atomic mass is 16.5. The predicted molar refractivity (Wildman–Crippen MR) is 133 cm³/mol. The molecule has 37 heavy (non-hydrogen) atoms. The number of ether oxygens (including phenoxy) is 2. The Kier molecular flexibility index (Phi) is 3.94. The van der Waals surface area contributed by atoms with Crippen LogP contribution in [0.15, 0.2) is 36.6 Å². The van der Waals surface area contributed by atoms with Gasteiger partial charge in [-0.05, 0) is 61.8 Å². The summed E-state index contributed by atoms with van der Waals surface area (Å²) in [5, 5.41) is 14.2. The van der Waals surface area contributed by atoms with Crippen LogP contribution >= 0.6 is 0 Å². The van der Waals surface area contributed by atoms with Gasteiger partial charge in [0.2, 0.25) is 11.8 Å². The molecular weight excluding hydrogens is 474 g/mol. The molecule has 7 aliphatic rings. The van der Waals surface area contributed by atoms with Crippen molar-refractivity contribution in [2.45, 2.75) is 68.7 Å². The summed E-state index contributed by atoms with van der Waals surface area (Å²) in [5.74, 6) is 0.182. The fraction of sp³-hybridized carbons (Fsp3) is 0.536. The first-order chi connectivity index (χ1) is 17.3. The predicted octanol–water partition coefficient (Wildman–Crippen LogP) is 2.10. The SMILES string of the molecule is CN1C(=O)[C@@]23C[C@H]4C(C)(C)[C@@]5(C[C@@]41CN2C(=O)C=C[C@H]3O)C(=O)Nc1c5ccc2c1OC=CC(C)(C)O2. The molecule has 1 saturated carbocycles. The van der Waals surface area contributed by atoms with Crippen LogP contribution in [0.4, 0.5) is 5.69 Å². The summed E-state index contributed by atoms with van der Waals surface area (Å²) in [6, 6.07) is 3.79. The van der Waals surface area contributed by atoms with Crippen LogP contribution in [-0.2, 0) is 19.8 Å². The Morgan fingerprint density at radius 2 is 1.89 bits per heavy atom. The zero-order chi connectivity index (χ0) is 26.3. The third-order valence-electron chi connectivity index (χ3n) is 10.4. The normalized spacial score (nSPS) is 39.5. The molecule has 2 N–H and O–H groups in total. The zero-order valence-corrected chi connectivity index (χ0v) is 21.6. The van der Waals surface area contributed by atoms with Gasteiger partial charge >= 0.3 is 0 Å². The molecule has 3 saturated heterocycles. The number of piperazine rings is 1. The molecule has 9 nitrogen and oxygen atoms in total. The minimum Gasteiger partial charge on any atom is -0.480 e. The molecule has 0 aromatic heterocycles. The van der Waals surface area contributed by atoms with E-state index in [1.807, 2.05) is 32.1 Å². The summed E-state index contributed by atoms with van der Waals surface area (Å²) in [5.41, 5.74) is -2.88. The number of nitrogens with zero attached hydrogens (tertiary/aromatic N) is 2. The Morgan fingerprint density at radius 1 is 1.14 bits per heavy atom. The highest BCUT2D eigenvalue weighted by Gasteiger charge is 2.80. The Balaban J connectivity index is 1.42. The molecule has 0 unspecified atom stereocenters. The van der Waals surface area contributed by atoms with Gasteiger partial charge in [-0.3, -0.25) is 14.4 Å². The first-order valence-electron chi connectivity index (χ1n) is 12.8. The first kappa shape index (κ1) is 22.8. The summed E-state index contributed by atoms with van der Waals surface area (Å²) in [6.45, 7) is 8.30. The number of nitrogens with one attached hydrogen (secondary N) is 1. The van der Waals surface area contributed by atoms with Gasteiger partial charge in [0.05, 0.1) is 22.9 Å². The number of aliphatic hydroxyl groups excluding tert-OH is 1. The zero-order valence-electron chi connectivity index (χ0n) is 21.6. The summed E-state index contributed by atoms with van der Waals surface area (Å²) in [7, 11) is 1.76. The van der Waals surface area contributed by atoms with E-state index in [-0.39, 0.29) is 30.2 Å². The van der Waals surface area contributed by atoms with Crippen molar-refractivity contribution in [2.24, 2.45) is 11.3 Å². The lowest BCUT2D eigenvalue weighted by Crippen LogP contribution is -2.84. The van der Waals surface area contributed by atoms with Crippen molar-refractivity contribution in [2.75, 3.05) is 18.9 Å². The Labute approximate surface area is 215 Å². The van der Waals surface area contributed by atoms with E-state index in [4.69, 9.17) is 9.47 Å². The highest BCUT2D eigenvalue weighted by molar-refractivity contribution is 6.10. The van der Waals surface area contributed by atoms with E-state index in [1.54, 1.807) is 23.1 Å². The number of anilines is 1. The minimum absolute atomic E-state index is 0.139. The van der Waals surface area contributed by atoms with Crippen molar-refractivity contribution in [3.05, 3.63) is 42.2 Å². The summed E-state index contributed by atoms with van der Waals surface area (Å²) >= 11 is 0. The maximum Gasteiger partial charge on any atom is 0.251 e. The van der Waals surface area contributed by atoms with Crippen LogP contribution in [0.2, 0.25) is 0 Å². The van der Waals surface area contributed by atoms with Gasteiger partial charge in [-0.2, -0.15) is 0 Å². The Bertz CT molecular complexity index is 1380. The maximum atomic E-state index is 14.1. The number of fused-ring (bicyclic) bond motifs is 5. The molecule has 1 aromatic rings. The fourth-order valence-corrected chi connectivity index (χ4v) is 8.47. The van der Waals surface area contributed by atoms with E-state index < -0.39 is 33.6 Å². The first-order valence-corrected chi connectivity index (χ1v) is 12.8. The lowest BCUT2D eigenvalue weighted by atomic mass is 9.56. The van der Waals surface area contributed by atoms with E-state index >= 15 is 0 Å². The van der Waals surface area contributed by atoms with Crippen LogP contribution in [0.25, 0.3) is 0 Å². The van der Waals surface area contributed by atoms with Crippen LogP contribution in [0.3, 0.4) is 0 Å². The molecule has 3 amide bonds. The maximum absolute atomic E-state index is 14.1. The van der Waals surface area contributed by atoms with Crippen molar-refractivity contribution >= 4 is 23.4 Å². The molecular formula is C28H31N3O6. The fourth-order valence-electron chi connectivity index (χ4n) is 8.47. The molecule has 8 rings (SSSR count). The average Bonchev–Trinajstić information content (AvgIpc) is 3.15. The Morgan fingerprint density at radius 3 is 2.65 bits per heavy atom. The van der Waals surface area contributed by atoms with Gasteiger partial charge in [0.1, 0.15) is 11.7 Å². The Hall–Kier alpha value is -3.33. The molecule has 4 fully saturated rings. The number of aliphatic hydroxyl groups is 1. The second-order valence-corrected chi connectivity index (χ2v) is 12.6. The summed E-state index contributed by atoms with van der Waals surface area (Å²) in [4.78, 5) is 44.3. The standard InChI is InChI=1S/C28H31N3O6/c1-24(2)10-11-36-21-16(37-24)7-6-15-20(21)29-22(34)27(15)13-26-14-31-19(33)9-8-18(32)28(31,23(35)30(26)5)12-17(26)25(27,3)4/h6-11,17-18,32H,12-14H2,1-5H3,(H,29,34)/t17-,18+,26+,27+,28-/m0/s1. The molecule has 5 atom stereocenters. The van der Waals surface area contributed by atoms with Crippen molar-refractivity contribution in [3.8, 4) is 11.5 Å². The van der Waals surface area contributed by atoms with E-state index in [9.17, 15) is 19.5 Å². The number of hydrogen-bond donors (Lipinski definition) is 2.